The molecular weight excluding hydrogens is 279 g/mol. The Labute approximate surface area is 112 Å². The molecule has 1 N–H and O–H groups in total. The van der Waals surface area contributed by atoms with Crippen molar-refractivity contribution in [2.45, 2.75) is 33.2 Å². The van der Waals surface area contributed by atoms with Crippen LogP contribution in [0.25, 0.3) is 0 Å². The minimum Gasteiger partial charge on any atom is -0.461 e. The quantitative estimate of drug-likeness (QED) is 0.212. The van der Waals surface area contributed by atoms with Gasteiger partial charge < -0.3 is 19.1 Å². The van der Waals surface area contributed by atoms with Crippen LogP contribution in [0.15, 0.2) is 0 Å². The molecule has 0 radical (unpaired) electrons. The lowest BCUT2D eigenvalue weighted by atomic mass is 10.6. The molecule has 0 aliphatic rings. The fourth-order valence-electron chi connectivity index (χ4n) is 1.22. The van der Waals surface area contributed by atoms with Gasteiger partial charge in [-0.05, 0) is 27.7 Å². The Kier molecular flexibility index (Phi) is 8.40. The van der Waals surface area contributed by atoms with Gasteiger partial charge in [-0.25, -0.2) is 9.68 Å². The lowest BCUT2D eigenvalue weighted by Crippen LogP contribution is -2.46. The van der Waals surface area contributed by atoms with Crippen LogP contribution in [0.4, 0.5) is 0 Å². The third-order valence-electron chi connectivity index (χ3n) is 1.86. The van der Waals surface area contributed by atoms with Crippen molar-refractivity contribution < 1.29 is 38.0 Å². The number of esters is 1. The van der Waals surface area contributed by atoms with E-state index in [9.17, 15) is 14.3 Å². The maximum Gasteiger partial charge on any atom is 0.426 e. The summed E-state index contributed by atoms with van der Waals surface area (Å²) < 4.78 is 31.3. The van der Waals surface area contributed by atoms with Crippen molar-refractivity contribution in [1.82, 2.24) is 0 Å². The van der Waals surface area contributed by atoms with Gasteiger partial charge in [-0.2, -0.15) is 0 Å². The minimum absolute atomic E-state index is 0.00460. The molecule has 0 spiro atoms. The van der Waals surface area contributed by atoms with Gasteiger partial charge in [0.15, 0.2) is 0 Å². The zero-order chi connectivity index (χ0) is 14.9. The number of carbonyl (C=O) groups excluding carboxylic acids is 1. The minimum atomic E-state index is -4.71. The highest BCUT2D eigenvalue weighted by molar-refractivity contribution is 7.55. The van der Waals surface area contributed by atoms with E-state index < -0.39 is 19.1 Å². The smallest absolute Gasteiger partial charge is 0.426 e. The normalized spacial score (nSPS) is 15.0. The first-order valence-corrected chi connectivity index (χ1v) is 7.58. The second-order valence-corrected chi connectivity index (χ2v) is 4.95. The van der Waals surface area contributed by atoms with Crippen molar-refractivity contribution in [2.75, 3.05) is 26.4 Å². The molecule has 1 atom stereocenters. The molecule has 0 saturated carbocycles. The zero-order valence-corrected chi connectivity index (χ0v) is 12.5. The van der Waals surface area contributed by atoms with E-state index in [0.717, 1.165) is 0 Å². The summed E-state index contributed by atoms with van der Waals surface area (Å²) >= 11 is 0. The summed E-state index contributed by atoms with van der Waals surface area (Å²) in [5.74, 6) is -1.13. The van der Waals surface area contributed by atoms with E-state index in [2.05, 4.69) is 9.56 Å². The maximum absolute atomic E-state index is 12.1. The van der Waals surface area contributed by atoms with E-state index in [1.807, 2.05) is 0 Å². The number of hydrogen-bond acceptors (Lipinski definition) is 7. The molecule has 0 heterocycles. The Balaban J connectivity index is 5.41. The molecule has 0 saturated heterocycles. The number of rotatable bonds is 10. The van der Waals surface area contributed by atoms with E-state index in [0.29, 0.717) is 0 Å². The molecule has 0 aromatic rings. The second kappa shape index (κ2) is 8.63. The molecule has 0 fully saturated rings. The zero-order valence-electron chi connectivity index (χ0n) is 11.6. The van der Waals surface area contributed by atoms with Gasteiger partial charge in [0.2, 0.25) is 0 Å². The van der Waals surface area contributed by atoms with Crippen LogP contribution in [0.1, 0.15) is 27.7 Å². The molecule has 0 amide bonds. The van der Waals surface area contributed by atoms with E-state index in [-0.39, 0.29) is 26.4 Å². The van der Waals surface area contributed by atoms with Gasteiger partial charge in [0, 0.05) is 13.2 Å². The van der Waals surface area contributed by atoms with Crippen LogP contribution in [0.5, 0.6) is 0 Å². The Morgan fingerprint density at radius 2 is 1.58 bits per heavy atom. The maximum atomic E-state index is 12.1. The van der Waals surface area contributed by atoms with Crippen LogP contribution in [-0.2, 0) is 33.1 Å². The van der Waals surface area contributed by atoms with Crippen molar-refractivity contribution in [2.24, 2.45) is 0 Å². The summed E-state index contributed by atoms with van der Waals surface area (Å²) in [6, 6.07) is 0. The highest BCUT2D eigenvalue weighted by Gasteiger charge is 2.61. The summed E-state index contributed by atoms with van der Waals surface area (Å²) in [5, 5.41) is 0. The van der Waals surface area contributed by atoms with Gasteiger partial charge in [-0.1, -0.05) is 0 Å². The molecule has 0 aliphatic heterocycles. The van der Waals surface area contributed by atoms with Crippen molar-refractivity contribution in [3.63, 3.8) is 0 Å². The van der Waals surface area contributed by atoms with E-state index in [1.165, 1.54) is 13.8 Å². The van der Waals surface area contributed by atoms with Crippen LogP contribution in [-0.4, -0.2) is 42.8 Å². The average molecular weight is 300 g/mol. The Morgan fingerprint density at radius 1 is 1.05 bits per heavy atom. The molecule has 0 aromatic carbocycles. The number of hydrogen-bond donors (Lipinski definition) is 1. The van der Waals surface area contributed by atoms with Crippen LogP contribution in [0.2, 0.25) is 0 Å². The molecule has 8 nitrogen and oxygen atoms in total. The summed E-state index contributed by atoms with van der Waals surface area (Å²) in [6.45, 7) is 6.07. The topological polar surface area (TPSA) is 101 Å². The summed E-state index contributed by atoms with van der Waals surface area (Å²) in [4.78, 5) is 26.2. The van der Waals surface area contributed by atoms with Gasteiger partial charge in [-0.3, -0.25) is 4.57 Å². The molecule has 9 heteroatoms. The first-order valence-electron chi connectivity index (χ1n) is 6.01. The fraction of sp³-hybridized carbons (Fsp3) is 0.900. The van der Waals surface area contributed by atoms with Gasteiger partial charge >= 0.3 is 19.1 Å². The highest BCUT2D eigenvalue weighted by Crippen LogP contribution is 2.57. The van der Waals surface area contributed by atoms with Crippen LogP contribution >= 0.6 is 7.60 Å². The summed E-state index contributed by atoms with van der Waals surface area (Å²) in [5.41, 5.74) is -2.54. The lowest BCUT2D eigenvalue weighted by Gasteiger charge is -2.31. The van der Waals surface area contributed by atoms with Crippen LogP contribution < -0.4 is 0 Å². The lowest BCUT2D eigenvalue weighted by molar-refractivity contribution is -0.250. The Hall–Kier alpha value is -0.500. The van der Waals surface area contributed by atoms with E-state index in [1.54, 1.807) is 13.8 Å². The average Bonchev–Trinajstić information content (AvgIpc) is 2.36. The second-order valence-electron chi connectivity index (χ2n) is 3.17. The number of carbonyl (C=O) groups is 1. The summed E-state index contributed by atoms with van der Waals surface area (Å²) in [7, 11) is -4.71. The fourth-order valence-corrected chi connectivity index (χ4v) is 2.45. The van der Waals surface area contributed by atoms with Crippen molar-refractivity contribution in [1.29, 1.82) is 0 Å². The van der Waals surface area contributed by atoms with Crippen molar-refractivity contribution in [3.05, 3.63) is 0 Å². The largest absolute Gasteiger partial charge is 0.461 e. The Morgan fingerprint density at radius 3 is 1.95 bits per heavy atom. The molecule has 0 rings (SSSR count). The SMILES string of the molecule is CCOOP(=O)(O)C(OCC)(OCC)C(=O)OCC. The molecule has 1 unspecified atom stereocenters. The first kappa shape index (κ1) is 18.5. The van der Waals surface area contributed by atoms with Gasteiger partial charge in [-0.15, -0.1) is 4.67 Å². The van der Waals surface area contributed by atoms with Crippen LogP contribution in [0, 0.1) is 0 Å². The van der Waals surface area contributed by atoms with Gasteiger partial charge in [0.1, 0.15) is 0 Å². The molecule has 0 aromatic heterocycles. The van der Waals surface area contributed by atoms with Crippen LogP contribution in [0.3, 0.4) is 0 Å². The predicted octanol–water partition coefficient (Wildman–Crippen LogP) is 1.43. The van der Waals surface area contributed by atoms with Crippen molar-refractivity contribution >= 4 is 13.6 Å². The third-order valence-corrected chi connectivity index (χ3v) is 3.35. The molecule has 114 valence electrons. The summed E-state index contributed by atoms with van der Waals surface area (Å²) in [6.07, 6.45) is 0. The molecule has 0 aliphatic carbocycles. The number of ether oxygens (including phenoxy) is 3. The van der Waals surface area contributed by atoms with Gasteiger partial charge in [0.25, 0.3) is 0 Å². The van der Waals surface area contributed by atoms with E-state index in [4.69, 9.17) is 14.2 Å². The van der Waals surface area contributed by atoms with E-state index >= 15 is 0 Å². The molecule has 0 bridgehead atoms. The Bertz CT molecular complexity index is 313. The molecular formula is C10H21O8P. The monoisotopic (exact) mass is 300 g/mol. The molecule has 19 heavy (non-hydrogen) atoms. The standard InChI is InChI=1S/C10H21O8P/c1-5-14-9(11)10(15-6-2,16-7-3)19(12,13)18-17-8-4/h5-8H2,1-4H3,(H,12,13). The van der Waals surface area contributed by atoms with Crippen molar-refractivity contribution in [3.8, 4) is 0 Å². The predicted molar refractivity (Wildman–Crippen MR) is 65.2 cm³/mol. The van der Waals surface area contributed by atoms with Gasteiger partial charge in [0.05, 0.1) is 13.2 Å². The highest BCUT2D eigenvalue weighted by atomic mass is 31.2. The third kappa shape index (κ3) is 4.52. The first-order chi connectivity index (χ1) is 8.91.